The molecular formula is C40H24N2S. The van der Waals surface area contributed by atoms with Crippen LogP contribution >= 0.6 is 11.3 Å². The molecule has 0 radical (unpaired) electrons. The summed E-state index contributed by atoms with van der Waals surface area (Å²) in [5, 5.41) is 8.70. The summed E-state index contributed by atoms with van der Waals surface area (Å²) >= 11 is 1.77. The molecule has 2 aromatic heterocycles. The standard InChI is InChI=1S/C40H24N2S/c1-2-9-29-24-32(20-15-25(29)7-1)37-39-38(35-11-5-6-12-36(35)43-39)42-40(41-37)28-17-13-26(14-18-28)30-21-22-34-31(23-30)19-16-27-8-3-4-10-33(27)34/h1-24H. The first-order valence-electron chi connectivity index (χ1n) is 14.5. The third-order valence-electron chi connectivity index (χ3n) is 8.46. The van der Waals surface area contributed by atoms with Crippen molar-refractivity contribution in [2.45, 2.75) is 0 Å². The molecule has 0 aliphatic heterocycles. The summed E-state index contributed by atoms with van der Waals surface area (Å²) in [7, 11) is 0. The van der Waals surface area contributed by atoms with Gasteiger partial charge in [-0.05, 0) is 61.6 Å². The van der Waals surface area contributed by atoms with E-state index in [0.29, 0.717) is 0 Å². The van der Waals surface area contributed by atoms with Gasteiger partial charge in [-0.25, -0.2) is 9.97 Å². The molecule has 3 heteroatoms. The molecule has 9 aromatic rings. The molecule has 7 aromatic carbocycles. The second-order valence-corrected chi connectivity index (χ2v) is 12.1. The van der Waals surface area contributed by atoms with Crippen LogP contribution in [-0.2, 0) is 0 Å². The Morgan fingerprint density at radius 1 is 0.395 bits per heavy atom. The van der Waals surface area contributed by atoms with Crippen LogP contribution in [0.3, 0.4) is 0 Å². The fourth-order valence-electron chi connectivity index (χ4n) is 6.26. The second-order valence-electron chi connectivity index (χ2n) is 11.0. The van der Waals surface area contributed by atoms with Crippen LogP contribution in [0.1, 0.15) is 0 Å². The lowest BCUT2D eigenvalue weighted by Gasteiger charge is -2.10. The van der Waals surface area contributed by atoms with Gasteiger partial charge in [0, 0.05) is 21.2 Å². The van der Waals surface area contributed by atoms with E-state index in [0.717, 1.165) is 32.9 Å². The van der Waals surface area contributed by atoms with E-state index in [9.17, 15) is 0 Å². The Morgan fingerprint density at radius 2 is 1.00 bits per heavy atom. The van der Waals surface area contributed by atoms with E-state index in [4.69, 9.17) is 9.97 Å². The van der Waals surface area contributed by atoms with Gasteiger partial charge >= 0.3 is 0 Å². The molecule has 0 saturated carbocycles. The normalized spacial score (nSPS) is 11.7. The van der Waals surface area contributed by atoms with Crippen molar-refractivity contribution in [1.82, 2.24) is 9.97 Å². The highest BCUT2D eigenvalue weighted by Gasteiger charge is 2.17. The maximum atomic E-state index is 5.22. The van der Waals surface area contributed by atoms with Gasteiger partial charge in [-0.3, -0.25) is 0 Å². The largest absolute Gasteiger partial charge is 0.226 e. The van der Waals surface area contributed by atoms with Crippen LogP contribution in [0.15, 0.2) is 146 Å². The predicted molar refractivity (Wildman–Crippen MR) is 184 cm³/mol. The molecule has 200 valence electrons. The van der Waals surface area contributed by atoms with E-state index in [2.05, 4.69) is 146 Å². The number of thiophene rings is 1. The third kappa shape index (κ3) is 4.01. The van der Waals surface area contributed by atoms with Crippen molar-refractivity contribution in [1.29, 1.82) is 0 Å². The second kappa shape index (κ2) is 9.59. The van der Waals surface area contributed by atoms with Gasteiger partial charge < -0.3 is 0 Å². The molecule has 2 heterocycles. The summed E-state index contributed by atoms with van der Waals surface area (Å²) in [6.07, 6.45) is 0. The highest BCUT2D eigenvalue weighted by Crippen LogP contribution is 2.40. The van der Waals surface area contributed by atoms with Crippen LogP contribution in [0.4, 0.5) is 0 Å². The Labute approximate surface area is 252 Å². The van der Waals surface area contributed by atoms with Gasteiger partial charge in [0.2, 0.25) is 0 Å². The first kappa shape index (κ1) is 24.2. The van der Waals surface area contributed by atoms with Gasteiger partial charge in [0.15, 0.2) is 5.82 Å². The molecule has 0 fully saturated rings. The molecule has 43 heavy (non-hydrogen) atoms. The zero-order valence-corrected chi connectivity index (χ0v) is 24.0. The average molecular weight is 565 g/mol. The number of fused-ring (bicyclic) bond motifs is 7. The summed E-state index contributed by atoms with van der Waals surface area (Å²) < 4.78 is 2.35. The monoisotopic (exact) mass is 564 g/mol. The molecular weight excluding hydrogens is 541 g/mol. The number of rotatable bonds is 3. The van der Waals surface area contributed by atoms with E-state index < -0.39 is 0 Å². The van der Waals surface area contributed by atoms with Crippen molar-refractivity contribution >= 4 is 64.0 Å². The van der Waals surface area contributed by atoms with Crippen LogP contribution in [0.25, 0.3) is 86.4 Å². The van der Waals surface area contributed by atoms with Crippen LogP contribution in [-0.4, -0.2) is 9.97 Å². The first-order valence-corrected chi connectivity index (χ1v) is 15.3. The number of nitrogens with zero attached hydrogens (tertiary/aromatic N) is 2. The average Bonchev–Trinajstić information content (AvgIpc) is 3.46. The number of hydrogen-bond donors (Lipinski definition) is 0. The Bertz CT molecular complexity index is 2510. The molecule has 0 N–H and O–H groups in total. The van der Waals surface area contributed by atoms with Gasteiger partial charge in [0.05, 0.1) is 15.9 Å². The molecule has 0 aliphatic rings. The van der Waals surface area contributed by atoms with E-state index in [1.165, 1.54) is 53.5 Å². The molecule has 0 saturated heterocycles. The lowest BCUT2D eigenvalue weighted by molar-refractivity contribution is 1.24. The Hall–Kier alpha value is -5.38. The van der Waals surface area contributed by atoms with Crippen molar-refractivity contribution in [3.63, 3.8) is 0 Å². The molecule has 9 rings (SSSR count). The van der Waals surface area contributed by atoms with E-state index in [1.807, 2.05) is 0 Å². The van der Waals surface area contributed by atoms with Gasteiger partial charge in [0.1, 0.15) is 0 Å². The third-order valence-corrected chi connectivity index (χ3v) is 9.63. The number of aromatic nitrogens is 2. The Balaban J connectivity index is 1.17. The fourth-order valence-corrected chi connectivity index (χ4v) is 7.41. The number of hydrogen-bond acceptors (Lipinski definition) is 3. The highest BCUT2D eigenvalue weighted by atomic mass is 32.1. The zero-order chi connectivity index (χ0) is 28.3. The molecule has 0 aliphatic carbocycles. The first-order chi connectivity index (χ1) is 21.3. The van der Waals surface area contributed by atoms with Crippen LogP contribution < -0.4 is 0 Å². The maximum absolute atomic E-state index is 5.22. The smallest absolute Gasteiger partial charge is 0.160 e. The minimum Gasteiger partial charge on any atom is -0.226 e. The van der Waals surface area contributed by atoms with Crippen molar-refractivity contribution in [2.75, 3.05) is 0 Å². The predicted octanol–water partition coefficient (Wildman–Crippen LogP) is 11.3. The molecule has 2 nitrogen and oxygen atoms in total. The molecule has 0 bridgehead atoms. The lowest BCUT2D eigenvalue weighted by atomic mass is 9.97. The van der Waals surface area contributed by atoms with Gasteiger partial charge in [-0.15, -0.1) is 11.3 Å². The van der Waals surface area contributed by atoms with Crippen molar-refractivity contribution in [3.05, 3.63) is 146 Å². The lowest BCUT2D eigenvalue weighted by Crippen LogP contribution is -1.94. The van der Waals surface area contributed by atoms with Crippen molar-refractivity contribution in [2.24, 2.45) is 0 Å². The summed E-state index contributed by atoms with van der Waals surface area (Å²) in [6.45, 7) is 0. The minimum absolute atomic E-state index is 0.746. The van der Waals surface area contributed by atoms with E-state index in [1.54, 1.807) is 11.3 Å². The summed E-state index contributed by atoms with van der Waals surface area (Å²) in [6, 6.07) is 52.1. The Morgan fingerprint density at radius 3 is 1.88 bits per heavy atom. The summed E-state index contributed by atoms with van der Waals surface area (Å²) in [5.41, 5.74) is 6.49. The van der Waals surface area contributed by atoms with Crippen molar-refractivity contribution in [3.8, 4) is 33.8 Å². The van der Waals surface area contributed by atoms with E-state index in [-0.39, 0.29) is 0 Å². The van der Waals surface area contributed by atoms with Gasteiger partial charge in [-0.2, -0.15) is 0 Å². The summed E-state index contributed by atoms with van der Waals surface area (Å²) in [5.74, 6) is 0.746. The van der Waals surface area contributed by atoms with Crippen LogP contribution in [0.5, 0.6) is 0 Å². The quantitative estimate of drug-likeness (QED) is 0.199. The SMILES string of the molecule is c1ccc2cc(-c3nc(-c4ccc(-c5ccc6c(ccc7ccccc76)c5)cc4)nc4c3sc3ccccc34)ccc2c1. The molecule has 0 amide bonds. The van der Waals surface area contributed by atoms with Gasteiger partial charge in [0.25, 0.3) is 0 Å². The fraction of sp³-hybridized carbons (Fsp3) is 0. The Kier molecular flexibility index (Phi) is 5.40. The van der Waals surface area contributed by atoms with Crippen LogP contribution in [0, 0.1) is 0 Å². The van der Waals surface area contributed by atoms with Crippen molar-refractivity contribution < 1.29 is 0 Å². The zero-order valence-electron chi connectivity index (χ0n) is 23.2. The highest BCUT2D eigenvalue weighted by molar-refractivity contribution is 7.26. The van der Waals surface area contributed by atoms with Crippen LogP contribution in [0.2, 0.25) is 0 Å². The summed E-state index contributed by atoms with van der Waals surface area (Å²) in [4.78, 5) is 10.4. The maximum Gasteiger partial charge on any atom is 0.160 e. The van der Waals surface area contributed by atoms with E-state index >= 15 is 0 Å². The molecule has 0 unspecified atom stereocenters. The molecule has 0 atom stereocenters. The minimum atomic E-state index is 0.746. The topological polar surface area (TPSA) is 25.8 Å². The van der Waals surface area contributed by atoms with Gasteiger partial charge in [-0.1, -0.05) is 127 Å². The number of benzene rings is 7. The molecule has 0 spiro atoms.